The second-order valence-corrected chi connectivity index (χ2v) is 6.33. The number of hydrogen-bond acceptors (Lipinski definition) is 4. The van der Waals surface area contributed by atoms with Crippen molar-refractivity contribution in [3.05, 3.63) is 59.5 Å². The zero-order valence-corrected chi connectivity index (χ0v) is 14.0. The van der Waals surface area contributed by atoms with Gasteiger partial charge in [-0.15, -0.1) is 0 Å². The lowest BCUT2D eigenvalue weighted by atomic mass is 9.87. The summed E-state index contributed by atoms with van der Waals surface area (Å²) in [5.74, 6) is -0.709. The first-order valence-corrected chi connectivity index (χ1v) is 7.60. The van der Waals surface area contributed by atoms with Crippen LogP contribution in [-0.4, -0.2) is 24.6 Å². The maximum Gasteiger partial charge on any atom is 0.287 e. The third-order valence-electron chi connectivity index (χ3n) is 3.33. The van der Waals surface area contributed by atoms with E-state index in [1.54, 1.807) is 12.3 Å². The van der Waals surface area contributed by atoms with E-state index in [4.69, 9.17) is 4.42 Å². The van der Waals surface area contributed by atoms with Crippen LogP contribution in [0.2, 0.25) is 0 Å². The monoisotopic (exact) mass is 327 g/mol. The Bertz CT molecular complexity index is 711. The van der Waals surface area contributed by atoms with Crippen LogP contribution in [0, 0.1) is 0 Å². The van der Waals surface area contributed by atoms with Gasteiger partial charge in [-0.1, -0.05) is 45.0 Å². The highest BCUT2D eigenvalue weighted by Crippen LogP contribution is 2.21. The number of rotatable bonds is 5. The van der Waals surface area contributed by atoms with Crippen LogP contribution >= 0.6 is 0 Å². The van der Waals surface area contributed by atoms with Gasteiger partial charge in [0, 0.05) is 0 Å². The topological polar surface area (TPSA) is 83.7 Å². The molecule has 6 nitrogen and oxygen atoms in total. The van der Waals surface area contributed by atoms with E-state index in [1.807, 2.05) is 24.3 Å². The number of amides is 2. The molecule has 2 aromatic rings. The molecule has 0 radical (unpaired) electrons. The molecule has 0 unspecified atom stereocenters. The van der Waals surface area contributed by atoms with Crippen LogP contribution in [0.5, 0.6) is 0 Å². The highest BCUT2D eigenvalue weighted by atomic mass is 16.3. The Hall–Kier alpha value is -2.89. The molecular weight excluding hydrogens is 306 g/mol. The van der Waals surface area contributed by atoms with Crippen molar-refractivity contribution in [3.8, 4) is 0 Å². The summed E-state index contributed by atoms with van der Waals surface area (Å²) in [5.41, 5.74) is 4.56. The Kier molecular flexibility index (Phi) is 5.52. The van der Waals surface area contributed by atoms with E-state index in [0.717, 1.165) is 5.56 Å². The Morgan fingerprint density at radius 2 is 1.88 bits per heavy atom. The van der Waals surface area contributed by atoms with Crippen LogP contribution in [0.15, 0.2) is 52.2 Å². The fourth-order valence-electron chi connectivity index (χ4n) is 1.94. The van der Waals surface area contributed by atoms with Crippen LogP contribution < -0.4 is 10.7 Å². The molecule has 0 saturated heterocycles. The lowest BCUT2D eigenvalue weighted by Gasteiger charge is -2.18. The second kappa shape index (κ2) is 7.59. The number of benzene rings is 1. The minimum Gasteiger partial charge on any atom is -0.459 e. The van der Waals surface area contributed by atoms with E-state index in [1.165, 1.54) is 17.9 Å². The van der Waals surface area contributed by atoms with Crippen molar-refractivity contribution in [1.29, 1.82) is 0 Å². The standard InChI is InChI=1S/C18H21N3O3/c1-18(2,3)14-8-6-13(7-9-14)11-20-21-16(22)12-19-17(23)15-5-4-10-24-15/h4-11H,12H2,1-3H3,(H,19,23)(H,21,22). The van der Waals surface area contributed by atoms with Gasteiger partial charge in [-0.05, 0) is 28.7 Å². The van der Waals surface area contributed by atoms with Crippen molar-refractivity contribution in [1.82, 2.24) is 10.7 Å². The van der Waals surface area contributed by atoms with Gasteiger partial charge < -0.3 is 9.73 Å². The fraction of sp³-hybridized carbons (Fsp3) is 0.278. The normalized spacial score (nSPS) is 11.5. The molecule has 0 spiro atoms. The van der Waals surface area contributed by atoms with Crippen LogP contribution in [0.4, 0.5) is 0 Å². The largest absolute Gasteiger partial charge is 0.459 e. The number of hydrazone groups is 1. The zero-order valence-electron chi connectivity index (χ0n) is 14.0. The summed E-state index contributed by atoms with van der Waals surface area (Å²) >= 11 is 0. The van der Waals surface area contributed by atoms with Gasteiger partial charge in [-0.3, -0.25) is 9.59 Å². The van der Waals surface area contributed by atoms with Crippen LogP contribution in [0.1, 0.15) is 42.5 Å². The van der Waals surface area contributed by atoms with Gasteiger partial charge in [-0.25, -0.2) is 5.43 Å². The smallest absolute Gasteiger partial charge is 0.287 e. The molecule has 2 rings (SSSR count). The van der Waals surface area contributed by atoms with Gasteiger partial charge >= 0.3 is 0 Å². The second-order valence-electron chi connectivity index (χ2n) is 6.33. The first-order chi connectivity index (χ1) is 11.4. The number of nitrogens with one attached hydrogen (secondary N) is 2. The predicted octanol–water partition coefficient (Wildman–Crippen LogP) is 2.46. The van der Waals surface area contributed by atoms with Crippen molar-refractivity contribution >= 4 is 18.0 Å². The lowest BCUT2D eigenvalue weighted by molar-refractivity contribution is -0.120. The summed E-state index contributed by atoms with van der Waals surface area (Å²) in [6, 6.07) is 11.1. The first-order valence-electron chi connectivity index (χ1n) is 7.60. The SMILES string of the molecule is CC(C)(C)c1ccc(C=NNC(=O)CNC(=O)c2ccco2)cc1. The minimum atomic E-state index is -0.447. The molecule has 0 bridgehead atoms. The molecule has 1 aromatic carbocycles. The molecule has 0 atom stereocenters. The van der Waals surface area contributed by atoms with E-state index >= 15 is 0 Å². The Balaban J connectivity index is 1.79. The molecule has 2 amide bonds. The summed E-state index contributed by atoms with van der Waals surface area (Å²) < 4.78 is 4.93. The number of furan rings is 1. The fourth-order valence-corrected chi connectivity index (χ4v) is 1.94. The molecule has 126 valence electrons. The quantitative estimate of drug-likeness (QED) is 0.653. The Labute approximate surface area is 140 Å². The number of carbonyl (C=O) groups excluding carboxylic acids is 2. The van der Waals surface area contributed by atoms with Crippen molar-refractivity contribution in [2.45, 2.75) is 26.2 Å². The van der Waals surface area contributed by atoms with Crippen LogP contribution in [-0.2, 0) is 10.2 Å². The van der Waals surface area contributed by atoms with Gasteiger partial charge in [0.1, 0.15) is 0 Å². The molecule has 24 heavy (non-hydrogen) atoms. The summed E-state index contributed by atoms with van der Waals surface area (Å²) in [4.78, 5) is 23.2. The molecular formula is C18H21N3O3. The summed E-state index contributed by atoms with van der Waals surface area (Å²) in [6.07, 6.45) is 2.95. The zero-order chi connectivity index (χ0) is 17.6. The van der Waals surface area contributed by atoms with Crippen molar-refractivity contribution < 1.29 is 14.0 Å². The minimum absolute atomic E-state index is 0.0933. The van der Waals surface area contributed by atoms with Gasteiger partial charge in [0.05, 0.1) is 19.0 Å². The molecule has 1 aromatic heterocycles. The van der Waals surface area contributed by atoms with Crippen LogP contribution in [0.25, 0.3) is 0 Å². The number of hydrogen-bond donors (Lipinski definition) is 2. The summed E-state index contributed by atoms with van der Waals surface area (Å²) in [6.45, 7) is 6.26. The molecule has 0 aliphatic carbocycles. The summed E-state index contributed by atoms with van der Waals surface area (Å²) in [7, 11) is 0. The predicted molar refractivity (Wildman–Crippen MR) is 91.9 cm³/mol. The van der Waals surface area contributed by atoms with E-state index in [0.29, 0.717) is 0 Å². The molecule has 6 heteroatoms. The van der Waals surface area contributed by atoms with Crippen molar-refractivity contribution in [2.24, 2.45) is 5.10 Å². The molecule has 0 aliphatic heterocycles. The first kappa shape index (κ1) is 17.5. The van der Waals surface area contributed by atoms with Gasteiger partial charge in [-0.2, -0.15) is 5.10 Å². The average Bonchev–Trinajstić information content (AvgIpc) is 3.07. The highest BCUT2D eigenvalue weighted by molar-refractivity contribution is 5.94. The van der Waals surface area contributed by atoms with E-state index < -0.39 is 11.8 Å². The Morgan fingerprint density at radius 1 is 1.17 bits per heavy atom. The molecule has 2 N–H and O–H groups in total. The molecule has 1 heterocycles. The molecule has 0 fully saturated rings. The third-order valence-corrected chi connectivity index (χ3v) is 3.33. The summed E-state index contributed by atoms with van der Waals surface area (Å²) in [5, 5.41) is 6.31. The maximum atomic E-state index is 11.6. The van der Waals surface area contributed by atoms with E-state index in [2.05, 4.69) is 36.6 Å². The lowest BCUT2D eigenvalue weighted by Crippen LogP contribution is -2.34. The van der Waals surface area contributed by atoms with E-state index in [9.17, 15) is 9.59 Å². The Morgan fingerprint density at radius 3 is 2.46 bits per heavy atom. The molecule has 0 aliphatic rings. The number of nitrogens with zero attached hydrogens (tertiary/aromatic N) is 1. The van der Waals surface area contributed by atoms with Crippen molar-refractivity contribution in [3.63, 3.8) is 0 Å². The van der Waals surface area contributed by atoms with Gasteiger partial charge in [0.25, 0.3) is 11.8 Å². The third kappa shape index (κ3) is 5.08. The van der Waals surface area contributed by atoms with Crippen molar-refractivity contribution in [2.75, 3.05) is 6.54 Å². The number of carbonyl (C=O) groups is 2. The molecule has 0 saturated carbocycles. The van der Waals surface area contributed by atoms with Gasteiger partial charge in [0.15, 0.2) is 5.76 Å². The van der Waals surface area contributed by atoms with Crippen LogP contribution in [0.3, 0.4) is 0 Å². The van der Waals surface area contributed by atoms with E-state index in [-0.39, 0.29) is 17.7 Å². The maximum absolute atomic E-state index is 11.6. The highest BCUT2D eigenvalue weighted by Gasteiger charge is 2.12. The average molecular weight is 327 g/mol. The van der Waals surface area contributed by atoms with Gasteiger partial charge in [0.2, 0.25) is 0 Å².